The van der Waals surface area contributed by atoms with Crippen LogP contribution >= 0.6 is 0 Å². The molecule has 0 unspecified atom stereocenters. The Kier molecular flexibility index (Phi) is 5.28. The molecule has 1 fully saturated rings. The lowest BCUT2D eigenvalue weighted by atomic mass is 9.96. The van der Waals surface area contributed by atoms with Crippen LogP contribution in [0.2, 0.25) is 0 Å². The highest BCUT2D eigenvalue weighted by molar-refractivity contribution is 5.88. The number of ketones is 1. The first-order valence-corrected chi connectivity index (χ1v) is 5.54. The van der Waals surface area contributed by atoms with E-state index in [2.05, 4.69) is 15.4 Å². The summed E-state index contributed by atoms with van der Waals surface area (Å²) in [6, 6.07) is -1.16. The molecule has 19 heavy (non-hydrogen) atoms. The van der Waals surface area contributed by atoms with Crippen LogP contribution in [0.3, 0.4) is 0 Å². The maximum atomic E-state index is 11.8. The van der Waals surface area contributed by atoms with Crippen molar-refractivity contribution in [2.75, 3.05) is 13.2 Å². The minimum absolute atomic E-state index is 0.0371. The third kappa shape index (κ3) is 5.25. The largest absolute Gasteiger partial charge is 0.522 e. The predicted octanol–water partition coefficient (Wildman–Crippen LogP) is -0.267. The minimum atomic E-state index is -4.91. The zero-order valence-electron chi connectivity index (χ0n) is 9.83. The number of ether oxygens (including phenoxy) is 1. The minimum Gasteiger partial charge on any atom is -0.356 e. The molecule has 1 heterocycles. The van der Waals surface area contributed by atoms with Gasteiger partial charge in [-0.25, -0.2) is 0 Å². The van der Waals surface area contributed by atoms with Crippen molar-refractivity contribution >= 4 is 18.1 Å². The van der Waals surface area contributed by atoms with E-state index in [0.717, 1.165) is 0 Å². The number of nitrogens with one attached hydrogen (secondary N) is 2. The second kappa shape index (κ2) is 6.50. The number of rotatable bonds is 7. The summed E-state index contributed by atoms with van der Waals surface area (Å²) >= 11 is 0. The van der Waals surface area contributed by atoms with Crippen molar-refractivity contribution in [2.24, 2.45) is 5.92 Å². The third-order valence-electron chi connectivity index (χ3n) is 2.72. The molecule has 2 atom stereocenters. The second-order valence-corrected chi connectivity index (χ2v) is 4.05. The van der Waals surface area contributed by atoms with Crippen molar-refractivity contribution < 1.29 is 32.3 Å². The van der Waals surface area contributed by atoms with Crippen LogP contribution in [-0.2, 0) is 19.1 Å². The molecule has 0 aromatic carbocycles. The Morgan fingerprint density at radius 3 is 2.74 bits per heavy atom. The zero-order chi connectivity index (χ0) is 14.5. The summed E-state index contributed by atoms with van der Waals surface area (Å²) in [5.74, 6) is -1.70. The second-order valence-electron chi connectivity index (χ2n) is 4.05. The average molecular weight is 282 g/mol. The number of amides is 2. The molecule has 0 aromatic rings. The predicted molar refractivity (Wildman–Crippen MR) is 55.7 cm³/mol. The number of Topliss-reactive ketones (excluding diaryl/α,β-unsaturated/α-hetero) is 1. The van der Waals surface area contributed by atoms with E-state index in [1.165, 1.54) is 0 Å². The molecule has 1 rings (SSSR count). The van der Waals surface area contributed by atoms with Gasteiger partial charge in [-0.15, -0.1) is 13.2 Å². The Bertz CT molecular complexity index is 359. The molecule has 2 N–H and O–H groups in total. The fraction of sp³-hybridized carbons (Fsp3) is 0.700. The Morgan fingerprint density at radius 1 is 1.58 bits per heavy atom. The van der Waals surface area contributed by atoms with Crippen molar-refractivity contribution in [3.8, 4) is 0 Å². The summed E-state index contributed by atoms with van der Waals surface area (Å²) in [4.78, 5) is 33.1. The van der Waals surface area contributed by atoms with Crippen LogP contribution in [0.5, 0.6) is 0 Å². The molecular weight excluding hydrogens is 269 g/mol. The molecule has 0 bridgehead atoms. The van der Waals surface area contributed by atoms with E-state index in [-0.39, 0.29) is 18.7 Å². The molecule has 1 aliphatic rings. The molecule has 1 saturated heterocycles. The van der Waals surface area contributed by atoms with Crippen LogP contribution in [0, 0.1) is 5.92 Å². The fourth-order valence-corrected chi connectivity index (χ4v) is 1.78. The van der Waals surface area contributed by atoms with E-state index in [1.807, 2.05) is 0 Å². The molecule has 0 spiro atoms. The van der Waals surface area contributed by atoms with E-state index >= 15 is 0 Å². The molecule has 0 aliphatic carbocycles. The highest BCUT2D eigenvalue weighted by atomic mass is 19.4. The van der Waals surface area contributed by atoms with E-state index in [1.54, 1.807) is 0 Å². The zero-order valence-corrected chi connectivity index (χ0v) is 9.83. The molecule has 6 nitrogen and oxygen atoms in total. The van der Waals surface area contributed by atoms with E-state index in [9.17, 15) is 27.6 Å². The van der Waals surface area contributed by atoms with Crippen LogP contribution in [-0.4, -0.2) is 43.7 Å². The van der Waals surface area contributed by atoms with E-state index in [0.29, 0.717) is 13.0 Å². The first-order valence-electron chi connectivity index (χ1n) is 5.54. The molecule has 0 radical (unpaired) electrons. The lowest BCUT2D eigenvalue weighted by Gasteiger charge is -2.18. The van der Waals surface area contributed by atoms with Crippen LogP contribution in [0.4, 0.5) is 13.2 Å². The summed E-state index contributed by atoms with van der Waals surface area (Å²) in [6.45, 7) is -0.742. The third-order valence-corrected chi connectivity index (χ3v) is 2.72. The van der Waals surface area contributed by atoms with Crippen molar-refractivity contribution in [3.05, 3.63) is 0 Å². The number of carbonyl (C=O) groups is 3. The molecule has 2 amide bonds. The molecule has 0 aromatic heterocycles. The van der Waals surface area contributed by atoms with Crippen molar-refractivity contribution in [1.82, 2.24) is 10.6 Å². The van der Waals surface area contributed by atoms with Crippen molar-refractivity contribution in [1.29, 1.82) is 0 Å². The van der Waals surface area contributed by atoms with Gasteiger partial charge in [-0.2, -0.15) is 0 Å². The first-order chi connectivity index (χ1) is 8.83. The molecule has 0 saturated carbocycles. The maximum Gasteiger partial charge on any atom is 0.522 e. The Balaban J connectivity index is 2.53. The van der Waals surface area contributed by atoms with Gasteiger partial charge in [-0.05, 0) is 12.8 Å². The van der Waals surface area contributed by atoms with Crippen molar-refractivity contribution in [3.63, 3.8) is 0 Å². The van der Waals surface area contributed by atoms with E-state index in [4.69, 9.17) is 0 Å². The number of halogens is 3. The highest BCUT2D eigenvalue weighted by Gasteiger charge is 2.34. The number of carbonyl (C=O) groups excluding carboxylic acids is 3. The molecule has 108 valence electrons. The quantitative estimate of drug-likeness (QED) is 0.630. The number of hydrogen-bond acceptors (Lipinski definition) is 4. The monoisotopic (exact) mass is 282 g/mol. The van der Waals surface area contributed by atoms with Gasteiger partial charge in [0.15, 0.2) is 5.78 Å². The molecular formula is C10H13F3N2O4. The summed E-state index contributed by atoms with van der Waals surface area (Å²) in [5, 5.41) is 4.64. The first kappa shape index (κ1) is 15.4. The Morgan fingerprint density at radius 2 is 2.26 bits per heavy atom. The van der Waals surface area contributed by atoms with Gasteiger partial charge in [0, 0.05) is 12.5 Å². The van der Waals surface area contributed by atoms with Crippen molar-refractivity contribution in [2.45, 2.75) is 25.2 Å². The van der Waals surface area contributed by atoms with Gasteiger partial charge in [-0.1, -0.05) is 0 Å². The standard InChI is InChI=1S/C10H13F3N2O4/c11-10(12,13)19-4-8(17)7(15-5-16)3-6-1-2-14-9(6)18/h5-7H,1-4H2,(H,14,18)(H,15,16)/t6-,7-/m0/s1. The summed E-state index contributed by atoms with van der Waals surface area (Å²) < 4.78 is 38.8. The van der Waals surface area contributed by atoms with Crippen LogP contribution < -0.4 is 10.6 Å². The molecule has 1 aliphatic heterocycles. The van der Waals surface area contributed by atoms with Crippen LogP contribution in [0.25, 0.3) is 0 Å². The maximum absolute atomic E-state index is 11.8. The average Bonchev–Trinajstić information content (AvgIpc) is 2.70. The SMILES string of the molecule is O=CN[C@@H](C[C@@H]1CCNC1=O)C(=O)COC(F)(F)F. The summed E-state index contributed by atoms with van der Waals surface area (Å²) in [7, 11) is 0. The van der Waals surface area contributed by atoms with Crippen LogP contribution in [0.15, 0.2) is 0 Å². The topological polar surface area (TPSA) is 84.5 Å². The van der Waals surface area contributed by atoms with Gasteiger partial charge >= 0.3 is 6.36 Å². The summed E-state index contributed by atoms with van der Waals surface area (Å²) in [5.41, 5.74) is 0. The van der Waals surface area contributed by atoms with Gasteiger partial charge in [0.1, 0.15) is 6.61 Å². The normalized spacial score (nSPS) is 20.8. The Labute approximate surface area is 106 Å². The number of alkyl halides is 3. The summed E-state index contributed by atoms with van der Waals surface area (Å²) in [6.07, 6.45) is -4.26. The van der Waals surface area contributed by atoms with E-state index < -0.39 is 30.7 Å². The number of hydrogen-bond donors (Lipinski definition) is 2. The van der Waals surface area contributed by atoms with Gasteiger partial charge < -0.3 is 10.6 Å². The Hall–Kier alpha value is -1.64. The van der Waals surface area contributed by atoms with Gasteiger partial charge in [0.05, 0.1) is 6.04 Å². The lowest BCUT2D eigenvalue weighted by molar-refractivity contribution is -0.321. The highest BCUT2D eigenvalue weighted by Crippen LogP contribution is 2.19. The smallest absolute Gasteiger partial charge is 0.356 e. The van der Waals surface area contributed by atoms with Gasteiger partial charge in [-0.3, -0.25) is 19.1 Å². The van der Waals surface area contributed by atoms with Gasteiger partial charge in [0.2, 0.25) is 12.3 Å². The van der Waals surface area contributed by atoms with Gasteiger partial charge in [0.25, 0.3) is 0 Å². The fourth-order valence-electron chi connectivity index (χ4n) is 1.78. The molecule has 9 heteroatoms. The lowest BCUT2D eigenvalue weighted by Crippen LogP contribution is -2.41. The van der Waals surface area contributed by atoms with Crippen LogP contribution in [0.1, 0.15) is 12.8 Å².